The van der Waals surface area contributed by atoms with Gasteiger partial charge in [0.15, 0.2) is 0 Å². The highest BCUT2D eigenvalue weighted by molar-refractivity contribution is 6.20. The van der Waals surface area contributed by atoms with Gasteiger partial charge in [0.1, 0.15) is 22.3 Å². The Balaban J connectivity index is 0.906. The first kappa shape index (κ1) is 42.0. The molecule has 6 nitrogen and oxygen atoms in total. The lowest BCUT2D eigenvalue weighted by Crippen LogP contribution is -1.99. The van der Waals surface area contributed by atoms with Crippen molar-refractivity contribution >= 4 is 109 Å². The van der Waals surface area contributed by atoms with Crippen LogP contribution in [0.4, 0.5) is 0 Å². The molecule has 0 aliphatic heterocycles. The molecule has 17 rings (SSSR count). The van der Waals surface area contributed by atoms with Crippen LogP contribution in [0.15, 0.2) is 264 Å². The molecule has 77 heavy (non-hydrogen) atoms. The zero-order valence-electron chi connectivity index (χ0n) is 41.4. The third-order valence-electron chi connectivity index (χ3n) is 16.0. The number of rotatable bonds is 6. The molecule has 17 aromatic rings. The van der Waals surface area contributed by atoms with E-state index in [9.17, 15) is 0 Å². The van der Waals surface area contributed by atoms with Gasteiger partial charge in [0.05, 0.1) is 50.2 Å². The average Bonchev–Trinajstić information content (AvgIpc) is 4.44. The van der Waals surface area contributed by atoms with E-state index in [0.29, 0.717) is 0 Å². The molecule has 6 heterocycles. The van der Waals surface area contributed by atoms with Crippen molar-refractivity contribution in [2.75, 3.05) is 0 Å². The summed E-state index contributed by atoms with van der Waals surface area (Å²) in [6.45, 7) is 0. The molecular formula is C71H42N4O2. The first-order chi connectivity index (χ1) is 38.2. The molecule has 6 heteroatoms. The van der Waals surface area contributed by atoms with Crippen molar-refractivity contribution in [1.82, 2.24) is 18.7 Å². The van der Waals surface area contributed by atoms with Gasteiger partial charge in [-0.25, -0.2) is 4.98 Å². The molecule has 0 aliphatic carbocycles. The summed E-state index contributed by atoms with van der Waals surface area (Å²) in [5, 5.41) is 11.4. The summed E-state index contributed by atoms with van der Waals surface area (Å²) < 4.78 is 20.3. The van der Waals surface area contributed by atoms with Crippen molar-refractivity contribution in [2.24, 2.45) is 0 Å². The highest BCUT2D eigenvalue weighted by Gasteiger charge is 2.23. The van der Waals surface area contributed by atoms with E-state index in [4.69, 9.17) is 13.8 Å². The van der Waals surface area contributed by atoms with E-state index in [1.165, 1.54) is 49.1 Å². The van der Waals surface area contributed by atoms with Crippen LogP contribution in [-0.2, 0) is 0 Å². The molecule has 0 radical (unpaired) electrons. The van der Waals surface area contributed by atoms with Crippen molar-refractivity contribution < 1.29 is 8.83 Å². The lowest BCUT2D eigenvalue weighted by atomic mass is 10.00. The van der Waals surface area contributed by atoms with Gasteiger partial charge in [0.2, 0.25) is 0 Å². The molecule has 0 aliphatic rings. The number of benzene rings is 11. The molecule has 0 spiro atoms. The number of fused-ring (bicyclic) bond motifs is 15. The van der Waals surface area contributed by atoms with Gasteiger partial charge in [-0.05, 0) is 108 Å². The molecule has 0 N–H and O–H groups in total. The lowest BCUT2D eigenvalue weighted by molar-refractivity contribution is 0.668. The fourth-order valence-electron chi connectivity index (χ4n) is 12.7. The van der Waals surface area contributed by atoms with Crippen LogP contribution < -0.4 is 0 Å². The predicted octanol–water partition coefficient (Wildman–Crippen LogP) is 19.2. The van der Waals surface area contributed by atoms with Crippen molar-refractivity contribution in [3.63, 3.8) is 0 Å². The first-order valence-corrected chi connectivity index (χ1v) is 26.2. The monoisotopic (exact) mass is 982 g/mol. The van der Waals surface area contributed by atoms with E-state index in [1.807, 2.05) is 24.3 Å². The smallest absolute Gasteiger partial charge is 0.136 e. The summed E-state index contributed by atoms with van der Waals surface area (Å²) in [4.78, 5) is 5.62. The van der Waals surface area contributed by atoms with Crippen molar-refractivity contribution in [1.29, 1.82) is 0 Å². The fourth-order valence-corrected chi connectivity index (χ4v) is 12.7. The van der Waals surface area contributed by atoms with E-state index >= 15 is 0 Å². The number of furan rings is 2. The number of nitrogens with zero attached hydrogens (tertiary/aromatic N) is 4. The normalized spacial score (nSPS) is 12.2. The molecule has 0 fully saturated rings. The van der Waals surface area contributed by atoms with Gasteiger partial charge in [0.25, 0.3) is 0 Å². The molecule has 0 unspecified atom stereocenters. The summed E-state index contributed by atoms with van der Waals surface area (Å²) in [5.41, 5.74) is 19.5. The Morgan fingerprint density at radius 1 is 0.247 bits per heavy atom. The Morgan fingerprint density at radius 2 is 0.662 bits per heavy atom. The van der Waals surface area contributed by atoms with Crippen LogP contribution in [0.1, 0.15) is 0 Å². The van der Waals surface area contributed by atoms with Crippen LogP contribution in [0, 0.1) is 0 Å². The molecule has 0 saturated carbocycles. The average molecular weight is 983 g/mol. The second kappa shape index (κ2) is 16.0. The maximum atomic E-state index is 6.48. The van der Waals surface area contributed by atoms with Gasteiger partial charge >= 0.3 is 0 Å². The Bertz CT molecular complexity index is 5170. The number of hydrogen-bond acceptors (Lipinski definition) is 3. The Hall–Kier alpha value is -10.4. The molecule has 0 bridgehead atoms. The van der Waals surface area contributed by atoms with Gasteiger partial charge < -0.3 is 22.5 Å². The second-order valence-corrected chi connectivity index (χ2v) is 20.2. The van der Waals surface area contributed by atoms with Crippen molar-refractivity contribution in [3.05, 3.63) is 255 Å². The minimum Gasteiger partial charge on any atom is -0.456 e. The molecule has 358 valence electrons. The largest absolute Gasteiger partial charge is 0.456 e. The molecular weight excluding hydrogens is 941 g/mol. The second-order valence-electron chi connectivity index (χ2n) is 20.2. The fraction of sp³-hybridized carbons (Fsp3) is 0. The van der Waals surface area contributed by atoms with E-state index in [-0.39, 0.29) is 0 Å². The minimum atomic E-state index is 0.828. The Labute approximate surface area is 440 Å². The van der Waals surface area contributed by atoms with Gasteiger partial charge in [0, 0.05) is 76.4 Å². The van der Waals surface area contributed by atoms with Gasteiger partial charge in [-0.3, -0.25) is 0 Å². The summed E-state index contributed by atoms with van der Waals surface area (Å²) >= 11 is 0. The van der Waals surface area contributed by atoms with Crippen LogP contribution in [0.2, 0.25) is 0 Å². The van der Waals surface area contributed by atoms with Crippen LogP contribution in [0.5, 0.6) is 0 Å². The zero-order chi connectivity index (χ0) is 50.3. The van der Waals surface area contributed by atoms with Crippen molar-refractivity contribution in [3.8, 4) is 50.7 Å². The first-order valence-electron chi connectivity index (χ1n) is 26.2. The minimum absolute atomic E-state index is 0.828. The van der Waals surface area contributed by atoms with Crippen LogP contribution in [0.25, 0.3) is 160 Å². The Morgan fingerprint density at radius 3 is 1.21 bits per heavy atom. The third-order valence-corrected chi connectivity index (χ3v) is 16.0. The zero-order valence-corrected chi connectivity index (χ0v) is 41.4. The van der Waals surface area contributed by atoms with E-state index in [1.54, 1.807) is 0 Å². The lowest BCUT2D eigenvalue weighted by Gasteiger charge is -2.14. The highest BCUT2D eigenvalue weighted by Crippen LogP contribution is 2.45. The molecule has 0 amide bonds. The van der Waals surface area contributed by atoms with E-state index in [2.05, 4.69) is 244 Å². The molecule has 11 aromatic carbocycles. The number of pyridine rings is 1. The topological polar surface area (TPSA) is 54.0 Å². The van der Waals surface area contributed by atoms with Gasteiger partial charge in [-0.1, -0.05) is 158 Å². The predicted molar refractivity (Wildman–Crippen MR) is 318 cm³/mol. The summed E-state index contributed by atoms with van der Waals surface area (Å²) in [5.74, 6) is 0. The van der Waals surface area contributed by atoms with Gasteiger partial charge in [-0.2, -0.15) is 0 Å². The molecule has 0 atom stereocenters. The van der Waals surface area contributed by atoms with E-state index in [0.717, 1.165) is 111 Å². The standard InChI is InChI=1S/C71H42N4O2/c1-2-17-43(18-3-1)44-35-36-63-55(37-44)48-21-4-9-28-60(48)73(63)45-19-14-20-46(38-45)74-61-29-10-5-22-49(61)56-42-65-57(41-64(56)74)50-23-6-11-30-62(50)75(65)47-39-58(51-26-15-33-68-70(51)53-24-7-12-31-66(53)76-68)72-59(40-47)52-27-16-34-69-71(52)54-25-8-13-32-67(54)77-69/h1-42H. The summed E-state index contributed by atoms with van der Waals surface area (Å²) in [7, 11) is 0. The maximum Gasteiger partial charge on any atom is 0.136 e. The van der Waals surface area contributed by atoms with Crippen LogP contribution in [0.3, 0.4) is 0 Å². The quantitative estimate of drug-likeness (QED) is 0.167. The van der Waals surface area contributed by atoms with E-state index < -0.39 is 0 Å². The SMILES string of the molecule is c1ccc(-c2ccc3c(c2)c2ccccc2n3-c2cccc(-n3c4ccccc4c4cc5c(cc43)c3ccccc3n5-c3cc(-c4cccc5oc6ccccc6c45)nc(-c4cccc5oc6ccccc6c45)c3)c2)cc1. The summed E-state index contributed by atoms with van der Waals surface area (Å²) in [6, 6.07) is 91.5. The molecule has 6 aromatic heterocycles. The number of para-hydroxylation sites is 5. The van der Waals surface area contributed by atoms with Crippen LogP contribution >= 0.6 is 0 Å². The Kier molecular flexibility index (Phi) is 8.74. The summed E-state index contributed by atoms with van der Waals surface area (Å²) in [6.07, 6.45) is 0. The third kappa shape index (κ3) is 6.15. The highest BCUT2D eigenvalue weighted by atomic mass is 16.3. The van der Waals surface area contributed by atoms with Crippen molar-refractivity contribution in [2.45, 2.75) is 0 Å². The number of aromatic nitrogens is 4. The van der Waals surface area contributed by atoms with Crippen LogP contribution in [-0.4, -0.2) is 18.7 Å². The van der Waals surface area contributed by atoms with Gasteiger partial charge in [-0.15, -0.1) is 0 Å². The maximum absolute atomic E-state index is 6.48. The molecule has 0 saturated heterocycles. The number of hydrogen-bond donors (Lipinski definition) is 0.